The van der Waals surface area contributed by atoms with Crippen LogP contribution in [0.25, 0.3) is 5.57 Å². The van der Waals surface area contributed by atoms with E-state index in [1.54, 1.807) is 12.1 Å². The third-order valence-electron chi connectivity index (χ3n) is 5.76. The first kappa shape index (κ1) is 21.0. The SMILES string of the molecule is CC1CN(C2=C(c3ccc(F)cc3)C(=O)N(CCN3CCOCC3)C2=O)CC(C)O1. The van der Waals surface area contributed by atoms with E-state index in [1.165, 1.54) is 17.0 Å². The van der Waals surface area contributed by atoms with Crippen molar-refractivity contribution in [1.29, 1.82) is 0 Å². The summed E-state index contributed by atoms with van der Waals surface area (Å²) in [6.07, 6.45) is -0.109. The molecule has 1 aromatic carbocycles. The maximum Gasteiger partial charge on any atom is 0.277 e. The molecule has 3 aliphatic rings. The van der Waals surface area contributed by atoms with Gasteiger partial charge in [-0.1, -0.05) is 12.1 Å². The number of halogens is 1. The van der Waals surface area contributed by atoms with E-state index in [2.05, 4.69) is 4.90 Å². The van der Waals surface area contributed by atoms with Crippen molar-refractivity contribution in [2.75, 3.05) is 52.5 Å². The molecule has 8 heteroatoms. The second-order valence-electron chi connectivity index (χ2n) is 8.11. The number of nitrogens with zero attached hydrogens (tertiary/aromatic N) is 3. The van der Waals surface area contributed by atoms with Gasteiger partial charge in [-0.15, -0.1) is 0 Å². The average Bonchev–Trinajstić information content (AvgIpc) is 2.97. The van der Waals surface area contributed by atoms with Gasteiger partial charge in [-0.25, -0.2) is 4.39 Å². The van der Waals surface area contributed by atoms with Gasteiger partial charge in [0.25, 0.3) is 11.8 Å². The zero-order valence-electron chi connectivity index (χ0n) is 17.5. The van der Waals surface area contributed by atoms with E-state index in [0.29, 0.717) is 56.2 Å². The molecule has 162 valence electrons. The third-order valence-corrected chi connectivity index (χ3v) is 5.76. The fourth-order valence-corrected chi connectivity index (χ4v) is 4.36. The van der Waals surface area contributed by atoms with Crippen molar-refractivity contribution in [2.45, 2.75) is 26.1 Å². The largest absolute Gasteiger partial charge is 0.379 e. The van der Waals surface area contributed by atoms with Crippen LogP contribution in [-0.2, 0) is 19.1 Å². The van der Waals surface area contributed by atoms with Crippen LogP contribution < -0.4 is 0 Å². The number of benzene rings is 1. The van der Waals surface area contributed by atoms with Crippen LogP contribution in [0.3, 0.4) is 0 Å². The van der Waals surface area contributed by atoms with Gasteiger partial charge in [-0.2, -0.15) is 0 Å². The predicted molar refractivity (Wildman–Crippen MR) is 109 cm³/mol. The molecule has 0 radical (unpaired) electrons. The van der Waals surface area contributed by atoms with Crippen LogP contribution in [0.5, 0.6) is 0 Å². The van der Waals surface area contributed by atoms with Gasteiger partial charge in [0.1, 0.15) is 11.5 Å². The molecule has 0 N–H and O–H groups in total. The highest BCUT2D eigenvalue weighted by atomic mass is 19.1. The normalized spacial score (nSPS) is 26.1. The van der Waals surface area contributed by atoms with Gasteiger partial charge < -0.3 is 14.4 Å². The molecule has 0 saturated carbocycles. The molecular weight excluding hydrogens is 389 g/mol. The number of amides is 2. The van der Waals surface area contributed by atoms with Crippen molar-refractivity contribution in [3.05, 3.63) is 41.3 Å². The van der Waals surface area contributed by atoms with Crippen molar-refractivity contribution in [2.24, 2.45) is 0 Å². The van der Waals surface area contributed by atoms with Crippen LogP contribution in [0.2, 0.25) is 0 Å². The van der Waals surface area contributed by atoms with Crippen molar-refractivity contribution < 1.29 is 23.5 Å². The van der Waals surface area contributed by atoms with E-state index in [0.717, 1.165) is 13.1 Å². The molecule has 2 fully saturated rings. The van der Waals surface area contributed by atoms with Gasteiger partial charge in [0.15, 0.2) is 0 Å². The zero-order valence-corrected chi connectivity index (χ0v) is 17.5. The summed E-state index contributed by atoms with van der Waals surface area (Å²) >= 11 is 0. The van der Waals surface area contributed by atoms with E-state index in [-0.39, 0.29) is 29.8 Å². The maximum absolute atomic E-state index is 13.5. The highest BCUT2D eigenvalue weighted by Crippen LogP contribution is 2.33. The molecule has 0 spiro atoms. The summed E-state index contributed by atoms with van der Waals surface area (Å²) < 4.78 is 24.7. The zero-order chi connectivity index (χ0) is 21.3. The van der Waals surface area contributed by atoms with Gasteiger partial charge in [-0.3, -0.25) is 19.4 Å². The Morgan fingerprint density at radius 1 is 0.967 bits per heavy atom. The smallest absolute Gasteiger partial charge is 0.277 e. The standard InChI is InChI=1S/C22H28FN3O4/c1-15-13-25(14-16(2)30-15)20-19(17-3-5-18(23)6-4-17)21(27)26(22(20)28)8-7-24-9-11-29-12-10-24/h3-6,15-16H,7-14H2,1-2H3. The first-order chi connectivity index (χ1) is 14.4. The fourth-order valence-electron chi connectivity index (χ4n) is 4.36. The summed E-state index contributed by atoms with van der Waals surface area (Å²) in [5, 5.41) is 0. The molecule has 3 heterocycles. The van der Waals surface area contributed by atoms with Crippen LogP contribution in [0, 0.1) is 5.82 Å². The minimum atomic E-state index is -0.379. The van der Waals surface area contributed by atoms with Crippen LogP contribution in [-0.4, -0.2) is 91.2 Å². The lowest BCUT2D eigenvalue weighted by Gasteiger charge is -2.37. The summed E-state index contributed by atoms with van der Waals surface area (Å²) in [7, 11) is 0. The number of ether oxygens (including phenoxy) is 2. The molecule has 2 unspecified atom stereocenters. The third kappa shape index (κ3) is 4.26. The lowest BCUT2D eigenvalue weighted by Crippen LogP contribution is -2.48. The van der Waals surface area contributed by atoms with Gasteiger partial charge in [0.05, 0.1) is 31.0 Å². The number of carbonyl (C=O) groups is 2. The van der Waals surface area contributed by atoms with Crippen LogP contribution in [0.15, 0.2) is 30.0 Å². The van der Waals surface area contributed by atoms with E-state index >= 15 is 0 Å². The Balaban J connectivity index is 1.63. The second-order valence-corrected chi connectivity index (χ2v) is 8.11. The highest BCUT2D eigenvalue weighted by molar-refractivity contribution is 6.35. The summed E-state index contributed by atoms with van der Waals surface area (Å²) in [5.74, 6) is -0.981. The Kier molecular flexibility index (Phi) is 6.17. The van der Waals surface area contributed by atoms with Gasteiger partial charge in [-0.05, 0) is 31.5 Å². The van der Waals surface area contributed by atoms with Crippen molar-refractivity contribution >= 4 is 17.4 Å². The lowest BCUT2D eigenvalue weighted by atomic mass is 10.0. The first-order valence-electron chi connectivity index (χ1n) is 10.5. The summed E-state index contributed by atoms with van der Waals surface area (Å²) in [4.78, 5) is 32.2. The molecule has 2 atom stereocenters. The predicted octanol–water partition coefficient (Wildman–Crippen LogP) is 1.35. The Bertz CT molecular complexity index is 825. The molecule has 0 aromatic heterocycles. The minimum Gasteiger partial charge on any atom is -0.379 e. The molecule has 0 aliphatic carbocycles. The Morgan fingerprint density at radius 3 is 2.23 bits per heavy atom. The van der Waals surface area contributed by atoms with Gasteiger partial charge in [0.2, 0.25) is 0 Å². The van der Waals surface area contributed by atoms with Crippen molar-refractivity contribution in [1.82, 2.24) is 14.7 Å². The molecule has 0 bridgehead atoms. The molecule has 4 rings (SSSR count). The van der Waals surface area contributed by atoms with Gasteiger partial charge >= 0.3 is 0 Å². The van der Waals surface area contributed by atoms with Crippen LogP contribution >= 0.6 is 0 Å². The Morgan fingerprint density at radius 2 is 1.60 bits per heavy atom. The van der Waals surface area contributed by atoms with E-state index in [9.17, 15) is 14.0 Å². The molecular formula is C22H28FN3O4. The second kappa shape index (κ2) is 8.83. The molecule has 2 saturated heterocycles. The summed E-state index contributed by atoms with van der Waals surface area (Å²) in [6, 6.07) is 5.76. The number of hydrogen-bond donors (Lipinski definition) is 0. The average molecular weight is 417 g/mol. The highest BCUT2D eigenvalue weighted by Gasteiger charge is 2.43. The quantitative estimate of drug-likeness (QED) is 0.674. The summed E-state index contributed by atoms with van der Waals surface area (Å²) in [5.41, 5.74) is 1.31. The van der Waals surface area contributed by atoms with Gasteiger partial charge in [0, 0.05) is 39.3 Å². The van der Waals surface area contributed by atoms with Crippen molar-refractivity contribution in [3.8, 4) is 0 Å². The van der Waals surface area contributed by atoms with E-state index < -0.39 is 0 Å². The minimum absolute atomic E-state index is 0.0546. The molecule has 3 aliphatic heterocycles. The Hall–Kier alpha value is -2.29. The molecule has 1 aromatic rings. The maximum atomic E-state index is 13.5. The Labute approximate surface area is 176 Å². The van der Waals surface area contributed by atoms with E-state index in [4.69, 9.17) is 9.47 Å². The lowest BCUT2D eigenvalue weighted by molar-refractivity contribution is -0.138. The monoisotopic (exact) mass is 417 g/mol. The topological polar surface area (TPSA) is 62.3 Å². The first-order valence-corrected chi connectivity index (χ1v) is 10.5. The number of imide groups is 1. The molecule has 7 nitrogen and oxygen atoms in total. The van der Waals surface area contributed by atoms with E-state index in [1.807, 2.05) is 18.7 Å². The van der Waals surface area contributed by atoms with Crippen LogP contribution in [0.1, 0.15) is 19.4 Å². The van der Waals surface area contributed by atoms with Crippen LogP contribution in [0.4, 0.5) is 4.39 Å². The number of rotatable bonds is 5. The number of hydrogen-bond acceptors (Lipinski definition) is 6. The summed E-state index contributed by atoms with van der Waals surface area (Å²) in [6.45, 7) is 8.81. The number of morpholine rings is 2. The molecule has 2 amide bonds. The van der Waals surface area contributed by atoms with Crippen molar-refractivity contribution in [3.63, 3.8) is 0 Å². The fraction of sp³-hybridized carbons (Fsp3) is 0.545. The number of carbonyl (C=O) groups excluding carboxylic acids is 2. The molecule has 30 heavy (non-hydrogen) atoms.